The molecule has 37 heavy (non-hydrogen) atoms. The molecule has 2 aromatic carbocycles. The second kappa shape index (κ2) is 9.48. The van der Waals surface area contributed by atoms with Gasteiger partial charge in [0.25, 0.3) is 0 Å². The lowest BCUT2D eigenvalue weighted by Crippen LogP contribution is -2.34. The Balaban J connectivity index is 1.36. The molecule has 1 saturated carbocycles. The number of benzene rings is 2. The second-order valence-electron chi connectivity index (χ2n) is 9.19. The SMILES string of the molecule is N#Cc1ccc(-c2cnc(C(CC3CC3)c3ccc(-c4cc(Cl)ccc4-n4cnnn4)c[n+]3[O-])[nH]2)cc1. The van der Waals surface area contributed by atoms with Crippen molar-refractivity contribution in [3.63, 3.8) is 0 Å². The van der Waals surface area contributed by atoms with Gasteiger partial charge in [0, 0.05) is 22.2 Å². The molecular weight excluding hydrogens is 488 g/mol. The van der Waals surface area contributed by atoms with Crippen molar-refractivity contribution in [3.05, 3.63) is 101 Å². The number of pyridine rings is 1. The molecule has 1 aliphatic carbocycles. The Morgan fingerprint density at radius 3 is 2.65 bits per heavy atom. The van der Waals surface area contributed by atoms with E-state index in [9.17, 15) is 5.21 Å². The number of nitrogens with one attached hydrogen (secondary N) is 1. The minimum absolute atomic E-state index is 0.176. The number of nitrogens with zero attached hydrogens (tertiary/aromatic N) is 7. The van der Waals surface area contributed by atoms with Gasteiger partial charge in [-0.3, -0.25) is 0 Å². The van der Waals surface area contributed by atoms with Crippen LogP contribution in [0, 0.1) is 22.5 Å². The molecule has 0 aliphatic heterocycles. The average Bonchev–Trinajstić information content (AvgIpc) is 3.36. The molecule has 182 valence electrons. The zero-order valence-corrected chi connectivity index (χ0v) is 20.4. The molecule has 3 aromatic heterocycles. The van der Waals surface area contributed by atoms with Gasteiger partial charge >= 0.3 is 0 Å². The van der Waals surface area contributed by atoms with E-state index in [0.29, 0.717) is 27.8 Å². The van der Waals surface area contributed by atoms with Crippen LogP contribution in [0.5, 0.6) is 0 Å². The Morgan fingerprint density at radius 2 is 1.95 bits per heavy atom. The molecule has 1 N–H and O–H groups in total. The van der Waals surface area contributed by atoms with Gasteiger partial charge in [0.15, 0.2) is 6.20 Å². The third kappa shape index (κ3) is 4.67. The van der Waals surface area contributed by atoms with Crippen molar-refractivity contribution in [2.24, 2.45) is 5.92 Å². The summed E-state index contributed by atoms with van der Waals surface area (Å²) in [5.41, 5.74) is 5.18. The van der Waals surface area contributed by atoms with Gasteiger partial charge in [-0.1, -0.05) is 36.6 Å². The van der Waals surface area contributed by atoms with E-state index in [1.807, 2.05) is 30.3 Å². The number of halogens is 1. The van der Waals surface area contributed by atoms with E-state index in [1.54, 1.807) is 36.7 Å². The Morgan fingerprint density at radius 1 is 1.14 bits per heavy atom. The predicted octanol–water partition coefficient (Wildman–Crippen LogP) is 4.81. The fraction of sp³-hybridized carbons (Fsp3) is 0.185. The minimum atomic E-state index is -0.176. The number of hydrogen-bond acceptors (Lipinski definition) is 6. The van der Waals surface area contributed by atoms with Gasteiger partial charge in [0.1, 0.15) is 18.1 Å². The maximum atomic E-state index is 13.4. The monoisotopic (exact) mass is 508 g/mol. The zero-order chi connectivity index (χ0) is 25.4. The van der Waals surface area contributed by atoms with Crippen molar-refractivity contribution in [2.75, 3.05) is 0 Å². The number of rotatable bonds is 7. The van der Waals surface area contributed by atoms with Gasteiger partial charge in [-0.05, 0) is 64.7 Å². The van der Waals surface area contributed by atoms with Gasteiger partial charge in [-0.2, -0.15) is 14.7 Å². The van der Waals surface area contributed by atoms with E-state index in [1.165, 1.54) is 11.0 Å². The van der Waals surface area contributed by atoms with Crippen molar-refractivity contribution >= 4 is 11.6 Å². The minimum Gasteiger partial charge on any atom is -0.618 e. The van der Waals surface area contributed by atoms with Crippen LogP contribution in [0.2, 0.25) is 5.02 Å². The molecule has 5 aromatic rings. The molecule has 3 heterocycles. The summed E-state index contributed by atoms with van der Waals surface area (Å²) in [6.07, 6.45) is 8.02. The smallest absolute Gasteiger partial charge is 0.203 e. The second-order valence-corrected chi connectivity index (χ2v) is 9.62. The number of imidazole rings is 1. The molecule has 1 fully saturated rings. The number of aromatic nitrogens is 7. The van der Waals surface area contributed by atoms with Crippen LogP contribution in [-0.2, 0) is 0 Å². The lowest BCUT2D eigenvalue weighted by atomic mass is 9.95. The zero-order valence-electron chi connectivity index (χ0n) is 19.6. The van der Waals surface area contributed by atoms with Crippen LogP contribution < -0.4 is 4.73 Å². The van der Waals surface area contributed by atoms with Crippen molar-refractivity contribution in [3.8, 4) is 34.1 Å². The molecule has 6 rings (SSSR count). The number of hydrogen-bond donors (Lipinski definition) is 1. The maximum absolute atomic E-state index is 13.4. The van der Waals surface area contributed by atoms with E-state index in [0.717, 1.165) is 52.3 Å². The summed E-state index contributed by atoms with van der Waals surface area (Å²) in [6, 6.07) is 18.6. The quantitative estimate of drug-likeness (QED) is 0.248. The Bertz CT molecular complexity index is 1600. The highest BCUT2D eigenvalue weighted by Gasteiger charge is 2.33. The molecule has 1 unspecified atom stereocenters. The Labute approximate surface area is 217 Å². The highest BCUT2D eigenvalue weighted by atomic mass is 35.5. The van der Waals surface area contributed by atoms with Crippen molar-refractivity contribution in [1.82, 2.24) is 30.2 Å². The van der Waals surface area contributed by atoms with Crippen LogP contribution in [0.3, 0.4) is 0 Å². The number of tetrazole rings is 1. The van der Waals surface area contributed by atoms with E-state index in [4.69, 9.17) is 16.9 Å². The first-order chi connectivity index (χ1) is 18.1. The van der Waals surface area contributed by atoms with E-state index < -0.39 is 0 Å². The van der Waals surface area contributed by atoms with Gasteiger partial charge in [0.2, 0.25) is 5.69 Å². The number of aromatic amines is 1. The van der Waals surface area contributed by atoms with Gasteiger partial charge in [0.05, 0.1) is 29.2 Å². The first-order valence-corrected chi connectivity index (χ1v) is 12.3. The fourth-order valence-electron chi connectivity index (χ4n) is 4.58. The molecule has 9 nitrogen and oxygen atoms in total. The van der Waals surface area contributed by atoms with Crippen molar-refractivity contribution in [1.29, 1.82) is 5.26 Å². The summed E-state index contributed by atoms with van der Waals surface area (Å²) < 4.78 is 2.47. The van der Waals surface area contributed by atoms with Crippen LogP contribution in [0.1, 0.15) is 42.3 Å². The maximum Gasteiger partial charge on any atom is 0.203 e. The van der Waals surface area contributed by atoms with Gasteiger partial charge < -0.3 is 10.2 Å². The number of nitriles is 1. The fourth-order valence-corrected chi connectivity index (χ4v) is 4.75. The van der Waals surface area contributed by atoms with E-state index in [-0.39, 0.29) is 5.92 Å². The van der Waals surface area contributed by atoms with Crippen LogP contribution in [0.4, 0.5) is 0 Å². The third-order valence-electron chi connectivity index (χ3n) is 6.68. The van der Waals surface area contributed by atoms with E-state index >= 15 is 0 Å². The molecular formula is C27H21ClN8O. The van der Waals surface area contributed by atoms with Gasteiger partial charge in [-0.15, -0.1) is 5.10 Å². The predicted molar refractivity (Wildman–Crippen MR) is 136 cm³/mol. The molecule has 1 atom stereocenters. The molecule has 0 spiro atoms. The molecule has 0 bridgehead atoms. The van der Waals surface area contributed by atoms with Gasteiger partial charge in [-0.25, -0.2) is 4.98 Å². The molecule has 0 amide bonds. The highest BCUT2D eigenvalue weighted by Crippen LogP contribution is 2.40. The summed E-state index contributed by atoms with van der Waals surface area (Å²) in [4.78, 5) is 8.08. The lowest BCUT2D eigenvalue weighted by molar-refractivity contribution is -0.614. The normalized spacial score (nSPS) is 13.8. The Hall–Kier alpha value is -4.55. The topological polar surface area (TPSA) is 123 Å². The van der Waals surface area contributed by atoms with E-state index in [2.05, 4.69) is 31.6 Å². The van der Waals surface area contributed by atoms with Crippen molar-refractivity contribution in [2.45, 2.75) is 25.2 Å². The first-order valence-electron chi connectivity index (χ1n) is 11.9. The Kier molecular flexibility index (Phi) is 5.87. The summed E-state index contributed by atoms with van der Waals surface area (Å²) in [7, 11) is 0. The molecule has 10 heteroatoms. The lowest BCUT2D eigenvalue weighted by Gasteiger charge is -2.16. The summed E-state index contributed by atoms with van der Waals surface area (Å²) in [6.45, 7) is 0. The number of H-pyrrole nitrogens is 1. The summed E-state index contributed by atoms with van der Waals surface area (Å²) in [5, 5.41) is 34.5. The van der Waals surface area contributed by atoms with Crippen LogP contribution in [0.25, 0.3) is 28.1 Å². The molecule has 0 radical (unpaired) electrons. The summed E-state index contributed by atoms with van der Waals surface area (Å²) in [5.74, 6) is 1.15. The van der Waals surface area contributed by atoms with Crippen LogP contribution in [-0.4, -0.2) is 30.2 Å². The summed E-state index contributed by atoms with van der Waals surface area (Å²) >= 11 is 6.29. The standard InChI is InChI=1S/C27H21ClN8O/c28-21-8-10-25(35-16-31-33-34-35)22(12-21)20-7-9-26(36(37)15-20)23(11-17-1-2-17)27-30-14-24(32-27)19-5-3-18(13-29)4-6-19/h3-10,12,14-17,23H,1-2,11H2,(H,30,32). The third-order valence-corrected chi connectivity index (χ3v) is 6.92. The van der Waals surface area contributed by atoms with Crippen molar-refractivity contribution < 1.29 is 4.73 Å². The largest absolute Gasteiger partial charge is 0.618 e. The average molecular weight is 509 g/mol. The van der Waals surface area contributed by atoms with Crippen LogP contribution in [0.15, 0.2) is 73.3 Å². The first kappa shape index (κ1) is 22.9. The molecule has 1 aliphatic rings. The molecule has 0 saturated heterocycles. The van der Waals surface area contributed by atoms with Crippen LogP contribution >= 0.6 is 11.6 Å². The highest BCUT2D eigenvalue weighted by molar-refractivity contribution is 6.31.